The molecule has 0 bridgehead atoms. The van der Waals surface area contributed by atoms with E-state index in [1.807, 2.05) is 0 Å². The van der Waals surface area contributed by atoms with Crippen molar-refractivity contribution in [2.45, 2.75) is 12.5 Å². The van der Waals surface area contributed by atoms with Gasteiger partial charge in [0.25, 0.3) is 0 Å². The first-order valence-electron chi connectivity index (χ1n) is 5.33. The minimum Gasteiger partial charge on any atom is -0.378 e. The lowest BCUT2D eigenvalue weighted by molar-refractivity contribution is 0.824. The zero-order valence-corrected chi connectivity index (χ0v) is 8.48. The molecule has 1 heterocycles. The summed E-state index contributed by atoms with van der Waals surface area (Å²) in [6.07, 6.45) is 1.10. The number of anilines is 1. The van der Waals surface area contributed by atoms with Crippen LogP contribution in [-0.2, 0) is 6.42 Å². The number of hydrogen-bond donors (Lipinski definition) is 1. The maximum absolute atomic E-state index is 3.55. The van der Waals surface area contributed by atoms with Crippen LogP contribution in [0.5, 0.6) is 0 Å². The zero-order valence-electron chi connectivity index (χ0n) is 8.48. The van der Waals surface area contributed by atoms with Crippen LogP contribution in [0.2, 0.25) is 0 Å². The maximum Gasteiger partial charge on any atom is 0.0555 e. The van der Waals surface area contributed by atoms with Crippen LogP contribution >= 0.6 is 0 Å². The molecule has 1 aliphatic rings. The summed E-state index contributed by atoms with van der Waals surface area (Å²) in [4.78, 5) is 0. The Kier molecular flexibility index (Phi) is 1.95. The van der Waals surface area contributed by atoms with Gasteiger partial charge in [-0.15, -0.1) is 0 Å². The Hall–Kier alpha value is -1.76. The van der Waals surface area contributed by atoms with E-state index in [4.69, 9.17) is 0 Å². The Bertz CT molecular complexity index is 437. The van der Waals surface area contributed by atoms with Gasteiger partial charge in [-0.05, 0) is 23.6 Å². The fourth-order valence-corrected chi connectivity index (χ4v) is 2.18. The fraction of sp³-hybridized carbons (Fsp3) is 0.143. The van der Waals surface area contributed by atoms with Crippen molar-refractivity contribution in [1.29, 1.82) is 0 Å². The topological polar surface area (TPSA) is 12.0 Å². The van der Waals surface area contributed by atoms with Crippen LogP contribution in [0.1, 0.15) is 17.2 Å². The van der Waals surface area contributed by atoms with Crippen LogP contribution in [0.3, 0.4) is 0 Å². The quantitative estimate of drug-likeness (QED) is 0.735. The highest BCUT2D eigenvalue weighted by Gasteiger charge is 2.20. The average molecular weight is 195 g/mol. The van der Waals surface area contributed by atoms with Gasteiger partial charge < -0.3 is 5.32 Å². The molecule has 1 nitrogen and oxygen atoms in total. The number of fused-ring (bicyclic) bond motifs is 1. The first-order valence-corrected chi connectivity index (χ1v) is 5.33. The fourth-order valence-electron chi connectivity index (χ4n) is 2.18. The van der Waals surface area contributed by atoms with Crippen LogP contribution < -0.4 is 5.32 Å². The number of para-hydroxylation sites is 1. The second kappa shape index (κ2) is 3.43. The molecular formula is C14H13N. The molecule has 0 radical (unpaired) electrons. The summed E-state index contributed by atoms with van der Waals surface area (Å²) < 4.78 is 0. The highest BCUT2D eigenvalue weighted by Crippen LogP contribution is 2.33. The van der Waals surface area contributed by atoms with E-state index in [9.17, 15) is 0 Å². The van der Waals surface area contributed by atoms with Crippen molar-refractivity contribution in [3.8, 4) is 0 Å². The highest BCUT2D eigenvalue weighted by molar-refractivity contribution is 5.57. The van der Waals surface area contributed by atoms with E-state index in [1.54, 1.807) is 0 Å². The lowest BCUT2D eigenvalue weighted by Gasteiger charge is -2.10. The monoisotopic (exact) mass is 195 g/mol. The Balaban J connectivity index is 1.91. The molecule has 0 saturated carbocycles. The number of rotatable bonds is 1. The van der Waals surface area contributed by atoms with Gasteiger partial charge in [0, 0.05) is 5.69 Å². The second-order valence-corrected chi connectivity index (χ2v) is 3.97. The van der Waals surface area contributed by atoms with E-state index in [0.717, 1.165) is 6.42 Å². The molecule has 1 atom stereocenters. The molecule has 0 amide bonds. The molecule has 1 heteroatoms. The van der Waals surface area contributed by atoms with E-state index < -0.39 is 0 Å². The average Bonchev–Trinajstić information content (AvgIpc) is 2.74. The highest BCUT2D eigenvalue weighted by atomic mass is 14.9. The molecule has 0 unspecified atom stereocenters. The number of benzene rings is 2. The van der Waals surface area contributed by atoms with Crippen molar-refractivity contribution in [2.75, 3.05) is 5.32 Å². The Morgan fingerprint density at radius 3 is 2.40 bits per heavy atom. The van der Waals surface area contributed by atoms with Crippen molar-refractivity contribution in [1.82, 2.24) is 0 Å². The van der Waals surface area contributed by atoms with Crippen molar-refractivity contribution >= 4 is 5.69 Å². The van der Waals surface area contributed by atoms with Gasteiger partial charge in [-0.3, -0.25) is 0 Å². The van der Waals surface area contributed by atoms with Crippen molar-refractivity contribution in [3.63, 3.8) is 0 Å². The van der Waals surface area contributed by atoms with Gasteiger partial charge in [0.15, 0.2) is 0 Å². The van der Waals surface area contributed by atoms with E-state index in [1.165, 1.54) is 16.8 Å². The van der Waals surface area contributed by atoms with E-state index in [2.05, 4.69) is 59.9 Å². The first-order chi connectivity index (χ1) is 7.43. The van der Waals surface area contributed by atoms with E-state index >= 15 is 0 Å². The van der Waals surface area contributed by atoms with Crippen LogP contribution in [0.15, 0.2) is 54.6 Å². The van der Waals surface area contributed by atoms with Crippen LogP contribution in [0.25, 0.3) is 0 Å². The molecule has 1 N–H and O–H groups in total. The van der Waals surface area contributed by atoms with E-state index in [0.29, 0.717) is 6.04 Å². The molecule has 0 aromatic heterocycles. The lowest BCUT2D eigenvalue weighted by Crippen LogP contribution is -2.04. The zero-order chi connectivity index (χ0) is 10.1. The largest absolute Gasteiger partial charge is 0.378 e. The Morgan fingerprint density at radius 2 is 1.60 bits per heavy atom. The molecule has 74 valence electrons. The third-order valence-corrected chi connectivity index (χ3v) is 2.97. The normalized spacial score (nSPS) is 18.3. The number of hydrogen-bond acceptors (Lipinski definition) is 1. The molecule has 2 aromatic rings. The predicted molar refractivity (Wildman–Crippen MR) is 63.0 cm³/mol. The smallest absolute Gasteiger partial charge is 0.0555 e. The van der Waals surface area contributed by atoms with Gasteiger partial charge in [-0.1, -0.05) is 48.5 Å². The lowest BCUT2D eigenvalue weighted by atomic mass is 10.0. The summed E-state index contributed by atoms with van der Waals surface area (Å²) >= 11 is 0. The number of nitrogens with one attached hydrogen (secondary N) is 1. The summed E-state index contributed by atoms with van der Waals surface area (Å²) in [6.45, 7) is 0. The van der Waals surface area contributed by atoms with Gasteiger partial charge in [0.1, 0.15) is 0 Å². The molecule has 0 saturated heterocycles. The molecule has 15 heavy (non-hydrogen) atoms. The molecule has 3 rings (SSSR count). The second-order valence-electron chi connectivity index (χ2n) is 3.97. The predicted octanol–water partition coefficient (Wildman–Crippen LogP) is 3.40. The third-order valence-electron chi connectivity index (χ3n) is 2.97. The van der Waals surface area contributed by atoms with Crippen molar-refractivity contribution in [2.24, 2.45) is 0 Å². The van der Waals surface area contributed by atoms with Gasteiger partial charge >= 0.3 is 0 Å². The van der Waals surface area contributed by atoms with Crippen molar-refractivity contribution in [3.05, 3.63) is 65.7 Å². The summed E-state index contributed by atoms with van der Waals surface area (Å²) in [5, 5.41) is 3.55. The Morgan fingerprint density at radius 1 is 0.867 bits per heavy atom. The summed E-state index contributed by atoms with van der Waals surface area (Å²) in [5.74, 6) is 0. The molecule has 1 aliphatic heterocycles. The van der Waals surface area contributed by atoms with Crippen LogP contribution in [0, 0.1) is 0 Å². The van der Waals surface area contributed by atoms with Crippen LogP contribution in [0.4, 0.5) is 5.69 Å². The molecular weight excluding hydrogens is 182 g/mol. The standard InChI is InChI=1S/C14H13N/c1-2-6-11(7-3-1)14-10-12-8-4-5-9-13(12)15-14/h1-9,14-15H,10H2/t14-/m0/s1. The van der Waals surface area contributed by atoms with Gasteiger partial charge in [0.05, 0.1) is 6.04 Å². The summed E-state index contributed by atoms with van der Waals surface area (Å²) in [5.41, 5.74) is 4.08. The minimum absolute atomic E-state index is 0.448. The van der Waals surface area contributed by atoms with Crippen LogP contribution in [-0.4, -0.2) is 0 Å². The summed E-state index contributed by atoms with van der Waals surface area (Å²) in [6, 6.07) is 19.6. The van der Waals surface area contributed by atoms with Gasteiger partial charge in [-0.2, -0.15) is 0 Å². The third kappa shape index (κ3) is 1.50. The van der Waals surface area contributed by atoms with Crippen molar-refractivity contribution < 1.29 is 0 Å². The molecule has 0 fully saturated rings. The SMILES string of the molecule is c1ccc([C@@H]2Cc3ccccc3N2)cc1. The first kappa shape index (κ1) is 8.54. The van der Waals surface area contributed by atoms with Gasteiger partial charge in [-0.25, -0.2) is 0 Å². The molecule has 2 aromatic carbocycles. The molecule has 0 aliphatic carbocycles. The molecule has 0 spiro atoms. The Labute approximate surface area is 89.8 Å². The maximum atomic E-state index is 3.55. The van der Waals surface area contributed by atoms with E-state index in [-0.39, 0.29) is 0 Å². The minimum atomic E-state index is 0.448. The van der Waals surface area contributed by atoms with Gasteiger partial charge in [0.2, 0.25) is 0 Å². The summed E-state index contributed by atoms with van der Waals surface area (Å²) in [7, 11) is 0.